The summed E-state index contributed by atoms with van der Waals surface area (Å²) in [6, 6.07) is 5.29. The lowest BCUT2D eigenvalue weighted by Crippen LogP contribution is -2.45. The number of rotatable bonds is 3. The zero-order valence-electron chi connectivity index (χ0n) is 11.5. The Bertz CT molecular complexity index is 475. The standard InChI is InChI=1S/C14H19Cl2N3O/c1-19(9-11-4-2-3-7-17-11)14(20)18-10-5-6-12(15)13(16)8-10/h5-6,8,11,17H,2-4,7,9H2,1H3,(H,18,20). The highest BCUT2D eigenvalue weighted by Gasteiger charge is 2.17. The summed E-state index contributed by atoms with van der Waals surface area (Å²) in [5.74, 6) is 0. The van der Waals surface area contributed by atoms with Crippen LogP contribution < -0.4 is 10.6 Å². The molecule has 1 aromatic rings. The smallest absolute Gasteiger partial charge is 0.321 e. The van der Waals surface area contributed by atoms with Crippen molar-refractivity contribution in [3.8, 4) is 0 Å². The number of carbonyl (C=O) groups excluding carboxylic acids is 1. The molecule has 1 heterocycles. The number of hydrogen-bond acceptors (Lipinski definition) is 2. The molecule has 6 heteroatoms. The topological polar surface area (TPSA) is 44.4 Å². The van der Waals surface area contributed by atoms with Crippen molar-refractivity contribution in [1.82, 2.24) is 10.2 Å². The van der Waals surface area contributed by atoms with Crippen LogP contribution >= 0.6 is 23.2 Å². The van der Waals surface area contributed by atoms with Gasteiger partial charge in [-0.3, -0.25) is 0 Å². The average molecular weight is 316 g/mol. The third-order valence-electron chi connectivity index (χ3n) is 3.42. The van der Waals surface area contributed by atoms with Crippen LogP contribution in [0.1, 0.15) is 19.3 Å². The Morgan fingerprint density at radius 3 is 2.85 bits per heavy atom. The zero-order chi connectivity index (χ0) is 14.5. The molecule has 110 valence electrons. The molecule has 1 aromatic carbocycles. The first-order valence-corrected chi connectivity index (χ1v) is 7.52. The number of halogens is 2. The SMILES string of the molecule is CN(CC1CCCCN1)C(=O)Nc1ccc(Cl)c(Cl)c1. The minimum absolute atomic E-state index is 0.143. The second-order valence-corrected chi connectivity index (χ2v) is 5.90. The molecule has 2 amide bonds. The highest BCUT2D eigenvalue weighted by molar-refractivity contribution is 6.42. The van der Waals surface area contributed by atoms with Crippen LogP contribution in [-0.4, -0.2) is 37.1 Å². The molecule has 1 atom stereocenters. The molecular weight excluding hydrogens is 297 g/mol. The number of likely N-dealkylation sites (N-methyl/N-ethyl adjacent to an activating group) is 1. The van der Waals surface area contributed by atoms with E-state index in [9.17, 15) is 4.79 Å². The van der Waals surface area contributed by atoms with E-state index in [1.54, 1.807) is 30.1 Å². The quantitative estimate of drug-likeness (QED) is 0.895. The number of piperidine rings is 1. The van der Waals surface area contributed by atoms with E-state index in [0.717, 1.165) is 13.0 Å². The van der Waals surface area contributed by atoms with Gasteiger partial charge in [0, 0.05) is 25.3 Å². The minimum atomic E-state index is -0.143. The van der Waals surface area contributed by atoms with Gasteiger partial charge in [-0.25, -0.2) is 4.79 Å². The number of nitrogens with zero attached hydrogens (tertiary/aromatic N) is 1. The fraction of sp³-hybridized carbons (Fsp3) is 0.500. The molecule has 1 aliphatic heterocycles. The Morgan fingerprint density at radius 1 is 1.40 bits per heavy atom. The molecule has 1 fully saturated rings. The fourth-order valence-corrected chi connectivity index (χ4v) is 2.58. The van der Waals surface area contributed by atoms with Gasteiger partial charge in [0.05, 0.1) is 10.0 Å². The molecule has 2 N–H and O–H groups in total. The first-order valence-electron chi connectivity index (χ1n) is 6.77. The van der Waals surface area contributed by atoms with Gasteiger partial charge in [-0.15, -0.1) is 0 Å². The van der Waals surface area contributed by atoms with E-state index in [-0.39, 0.29) is 6.03 Å². The Labute approximate surface area is 129 Å². The lowest BCUT2D eigenvalue weighted by Gasteiger charge is -2.28. The lowest BCUT2D eigenvalue weighted by atomic mass is 10.0. The van der Waals surface area contributed by atoms with Crippen molar-refractivity contribution in [2.75, 3.05) is 25.5 Å². The van der Waals surface area contributed by atoms with E-state index in [2.05, 4.69) is 10.6 Å². The lowest BCUT2D eigenvalue weighted by molar-refractivity contribution is 0.212. The summed E-state index contributed by atoms with van der Waals surface area (Å²) in [5, 5.41) is 7.15. The average Bonchev–Trinajstić information content (AvgIpc) is 2.44. The van der Waals surface area contributed by atoms with Crippen LogP contribution in [-0.2, 0) is 0 Å². The fourth-order valence-electron chi connectivity index (χ4n) is 2.29. The van der Waals surface area contributed by atoms with Gasteiger partial charge in [0.15, 0.2) is 0 Å². The maximum absolute atomic E-state index is 12.1. The van der Waals surface area contributed by atoms with Gasteiger partial charge in [0.2, 0.25) is 0 Å². The Balaban J connectivity index is 1.88. The molecule has 0 aromatic heterocycles. The van der Waals surface area contributed by atoms with E-state index in [1.807, 2.05) is 0 Å². The summed E-state index contributed by atoms with van der Waals surface area (Å²) < 4.78 is 0. The van der Waals surface area contributed by atoms with Crippen molar-refractivity contribution in [2.24, 2.45) is 0 Å². The minimum Gasteiger partial charge on any atom is -0.326 e. The predicted molar refractivity (Wildman–Crippen MR) is 83.8 cm³/mol. The maximum atomic E-state index is 12.1. The molecule has 0 radical (unpaired) electrons. The van der Waals surface area contributed by atoms with E-state index in [0.29, 0.717) is 28.3 Å². The van der Waals surface area contributed by atoms with E-state index in [1.165, 1.54) is 12.8 Å². The second-order valence-electron chi connectivity index (χ2n) is 5.09. The van der Waals surface area contributed by atoms with Gasteiger partial charge in [-0.05, 0) is 37.6 Å². The number of carbonyl (C=O) groups is 1. The molecule has 0 aliphatic carbocycles. The van der Waals surface area contributed by atoms with Gasteiger partial charge < -0.3 is 15.5 Å². The van der Waals surface area contributed by atoms with Crippen molar-refractivity contribution >= 4 is 34.9 Å². The first-order chi connectivity index (χ1) is 9.56. The molecule has 4 nitrogen and oxygen atoms in total. The number of anilines is 1. The molecule has 1 aliphatic rings. The first kappa shape index (κ1) is 15.4. The third kappa shape index (κ3) is 4.27. The Kier molecular flexibility index (Phi) is 5.52. The van der Waals surface area contributed by atoms with E-state index < -0.39 is 0 Å². The zero-order valence-corrected chi connectivity index (χ0v) is 13.0. The third-order valence-corrected chi connectivity index (χ3v) is 4.16. The monoisotopic (exact) mass is 315 g/mol. The van der Waals surface area contributed by atoms with Gasteiger partial charge in [0.25, 0.3) is 0 Å². The second kappa shape index (κ2) is 7.16. The van der Waals surface area contributed by atoms with Crippen molar-refractivity contribution in [3.05, 3.63) is 28.2 Å². The summed E-state index contributed by atoms with van der Waals surface area (Å²) in [6.07, 6.45) is 3.56. The molecule has 0 spiro atoms. The number of amides is 2. The van der Waals surface area contributed by atoms with Crippen LogP contribution in [0.2, 0.25) is 10.0 Å². The highest BCUT2D eigenvalue weighted by Crippen LogP contribution is 2.25. The van der Waals surface area contributed by atoms with Gasteiger partial charge in [-0.1, -0.05) is 29.6 Å². The van der Waals surface area contributed by atoms with Crippen molar-refractivity contribution < 1.29 is 4.79 Å². The van der Waals surface area contributed by atoms with Crippen LogP contribution in [0.5, 0.6) is 0 Å². The number of hydrogen-bond donors (Lipinski definition) is 2. The van der Waals surface area contributed by atoms with Gasteiger partial charge >= 0.3 is 6.03 Å². The summed E-state index contributed by atoms with van der Waals surface area (Å²) >= 11 is 11.8. The Hall–Kier alpha value is -0.970. The summed E-state index contributed by atoms with van der Waals surface area (Å²) in [6.45, 7) is 1.74. The van der Waals surface area contributed by atoms with Crippen molar-refractivity contribution in [3.63, 3.8) is 0 Å². The summed E-state index contributed by atoms with van der Waals surface area (Å²) in [4.78, 5) is 13.8. The van der Waals surface area contributed by atoms with Crippen molar-refractivity contribution in [1.29, 1.82) is 0 Å². The summed E-state index contributed by atoms with van der Waals surface area (Å²) in [5.41, 5.74) is 0.646. The molecular formula is C14H19Cl2N3O. The molecule has 1 unspecified atom stereocenters. The molecule has 0 saturated carbocycles. The van der Waals surface area contributed by atoms with Gasteiger partial charge in [-0.2, -0.15) is 0 Å². The number of benzene rings is 1. The normalized spacial score (nSPS) is 18.6. The van der Waals surface area contributed by atoms with Crippen LogP contribution in [0.4, 0.5) is 10.5 Å². The number of urea groups is 1. The predicted octanol–water partition coefficient (Wildman–Crippen LogP) is 3.60. The van der Waals surface area contributed by atoms with Crippen LogP contribution in [0.25, 0.3) is 0 Å². The summed E-state index contributed by atoms with van der Waals surface area (Å²) in [7, 11) is 1.79. The highest BCUT2D eigenvalue weighted by atomic mass is 35.5. The van der Waals surface area contributed by atoms with Crippen LogP contribution in [0.15, 0.2) is 18.2 Å². The molecule has 20 heavy (non-hydrogen) atoms. The van der Waals surface area contributed by atoms with Crippen LogP contribution in [0, 0.1) is 0 Å². The van der Waals surface area contributed by atoms with E-state index in [4.69, 9.17) is 23.2 Å². The number of nitrogens with one attached hydrogen (secondary N) is 2. The van der Waals surface area contributed by atoms with Gasteiger partial charge in [0.1, 0.15) is 0 Å². The van der Waals surface area contributed by atoms with Crippen LogP contribution in [0.3, 0.4) is 0 Å². The molecule has 2 rings (SSSR count). The molecule has 1 saturated heterocycles. The Morgan fingerprint density at radius 2 is 2.20 bits per heavy atom. The molecule has 0 bridgehead atoms. The van der Waals surface area contributed by atoms with Crippen molar-refractivity contribution in [2.45, 2.75) is 25.3 Å². The van der Waals surface area contributed by atoms with E-state index >= 15 is 0 Å². The maximum Gasteiger partial charge on any atom is 0.321 e. The largest absolute Gasteiger partial charge is 0.326 e.